The van der Waals surface area contributed by atoms with E-state index in [1.54, 1.807) is 12.3 Å². The smallest absolute Gasteiger partial charge is 0.222 e. The van der Waals surface area contributed by atoms with Crippen molar-refractivity contribution in [3.63, 3.8) is 0 Å². The Labute approximate surface area is 101 Å². The van der Waals surface area contributed by atoms with Crippen molar-refractivity contribution in [2.24, 2.45) is 15.0 Å². The lowest BCUT2D eigenvalue weighted by molar-refractivity contribution is 1.54. The predicted octanol–water partition coefficient (Wildman–Crippen LogP) is 3.51. The summed E-state index contributed by atoms with van der Waals surface area (Å²) in [7, 11) is 0. The first-order chi connectivity index (χ1) is 7.69. The molecule has 0 aliphatic carbocycles. The van der Waals surface area contributed by atoms with E-state index in [-0.39, 0.29) is 5.29 Å². The van der Waals surface area contributed by atoms with Crippen molar-refractivity contribution in [1.82, 2.24) is 0 Å². The SMILES string of the molecule is C=C\N=C/C(=C\C)C(/C=C)=N/C(Cl)=N\C=C. The first-order valence-corrected chi connectivity index (χ1v) is 4.93. The van der Waals surface area contributed by atoms with Crippen LogP contribution in [0.2, 0.25) is 0 Å². The van der Waals surface area contributed by atoms with E-state index in [0.29, 0.717) is 5.71 Å². The fourth-order valence-electron chi connectivity index (χ4n) is 0.853. The van der Waals surface area contributed by atoms with Crippen LogP contribution in [0, 0.1) is 0 Å². The first kappa shape index (κ1) is 14.3. The molecule has 0 saturated carbocycles. The Morgan fingerprint density at radius 2 is 1.88 bits per heavy atom. The van der Waals surface area contributed by atoms with Crippen LogP contribution >= 0.6 is 11.6 Å². The molecule has 0 aromatic carbocycles. The van der Waals surface area contributed by atoms with E-state index in [1.807, 2.05) is 13.0 Å². The second-order valence-corrected chi connectivity index (χ2v) is 2.82. The molecule has 0 rings (SSSR count). The van der Waals surface area contributed by atoms with Gasteiger partial charge in [0.1, 0.15) is 0 Å². The molecule has 0 aromatic rings. The van der Waals surface area contributed by atoms with Gasteiger partial charge in [-0.25, -0.2) is 9.98 Å². The average Bonchev–Trinajstić information content (AvgIpc) is 2.28. The average molecular weight is 236 g/mol. The maximum absolute atomic E-state index is 5.74. The van der Waals surface area contributed by atoms with Crippen LogP contribution in [-0.4, -0.2) is 17.2 Å². The lowest BCUT2D eigenvalue weighted by Crippen LogP contribution is -2.02. The maximum atomic E-state index is 5.74. The normalized spacial score (nSPS) is 14.0. The molecule has 0 bridgehead atoms. The van der Waals surface area contributed by atoms with E-state index in [2.05, 4.69) is 34.7 Å². The van der Waals surface area contributed by atoms with Gasteiger partial charge in [0.05, 0.1) is 5.71 Å². The number of hydrogen-bond donors (Lipinski definition) is 0. The molecule has 0 heterocycles. The Balaban J connectivity index is 5.18. The van der Waals surface area contributed by atoms with E-state index < -0.39 is 0 Å². The quantitative estimate of drug-likeness (QED) is 0.397. The fraction of sp³-hybridized carbons (Fsp3) is 0.0833. The molecule has 0 radical (unpaired) electrons. The van der Waals surface area contributed by atoms with Gasteiger partial charge in [-0.05, 0) is 24.6 Å². The Bertz CT molecular complexity index is 387. The number of amidine groups is 1. The van der Waals surface area contributed by atoms with Crippen molar-refractivity contribution >= 4 is 28.8 Å². The Morgan fingerprint density at radius 3 is 2.31 bits per heavy atom. The molecule has 16 heavy (non-hydrogen) atoms. The van der Waals surface area contributed by atoms with Crippen molar-refractivity contribution in [3.8, 4) is 0 Å². The topological polar surface area (TPSA) is 37.1 Å². The molecule has 0 spiro atoms. The number of allylic oxidation sites excluding steroid dienone is 3. The summed E-state index contributed by atoms with van der Waals surface area (Å²) in [5.41, 5.74) is 1.37. The highest BCUT2D eigenvalue weighted by Gasteiger charge is 2.00. The third-order valence-corrected chi connectivity index (χ3v) is 1.71. The van der Waals surface area contributed by atoms with E-state index >= 15 is 0 Å². The fourth-order valence-corrected chi connectivity index (χ4v) is 1.01. The van der Waals surface area contributed by atoms with Gasteiger partial charge in [0, 0.05) is 24.2 Å². The summed E-state index contributed by atoms with van der Waals surface area (Å²) in [6.45, 7) is 12.4. The summed E-state index contributed by atoms with van der Waals surface area (Å²) in [5.74, 6) is 0. The summed E-state index contributed by atoms with van der Waals surface area (Å²) in [5, 5.41) is 0.0938. The van der Waals surface area contributed by atoms with Crippen molar-refractivity contribution in [2.45, 2.75) is 6.92 Å². The highest BCUT2D eigenvalue weighted by molar-refractivity contribution is 6.66. The first-order valence-electron chi connectivity index (χ1n) is 4.55. The summed E-state index contributed by atoms with van der Waals surface area (Å²) >= 11 is 5.74. The molecular weight excluding hydrogens is 222 g/mol. The molecule has 0 amide bonds. The van der Waals surface area contributed by atoms with Gasteiger partial charge < -0.3 is 0 Å². The molecule has 0 unspecified atom stereocenters. The van der Waals surface area contributed by atoms with Crippen LogP contribution in [0.1, 0.15) is 6.92 Å². The minimum absolute atomic E-state index is 0.0938. The van der Waals surface area contributed by atoms with E-state index in [1.165, 1.54) is 12.4 Å². The van der Waals surface area contributed by atoms with Crippen LogP contribution in [0.15, 0.2) is 64.8 Å². The van der Waals surface area contributed by atoms with E-state index in [0.717, 1.165) is 5.57 Å². The lowest BCUT2D eigenvalue weighted by atomic mass is 10.1. The molecule has 4 heteroatoms. The van der Waals surface area contributed by atoms with Gasteiger partial charge in [0.15, 0.2) is 0 Å². The van der Waals surface area contributed by atoms with Crippen LogP contribution in [0.25, 0.3) is 0 Å². The van der Waals surface area contributed by atoms with Crippen LogP contribution in [0.4, 0.5) is 0 Å². The third kappa shape index (κ3) is 5.22. The van der Waals surface area contributed by atoms with Gasteiger partial charge in [0.2, 0.25) is 5.29 Å². The number of aliphatic imine (C=N–C) groups is 3. The van der Waals surface area contributed by atoms with Crippen molar-refractivity contribution in [2.75, 3.05) is 0 Å². The van der Waals surface area contributed by atoms with Crippen LogP contribution < -0.4 is 0 Å². The Hall–Kier alpha value is -1.74. The highest BCUT2D eigenvalue weighted by atomic mass is 35.5. The molecule has 0 saturated heterocycles. The number of nitrogens with zero attached hydrogens (tertiary/aromatic N) is 3. The Kier molecular flexibility index (Phi) is 7.63. The largest absolute Gasteiger partial charge is 0.265 e. The second-order valence-electron chi connectivity index (χ2n) is 2.49. The molecule has 3 nitrogen and oxygen atoms in total. The van der Waals surface area contributed by atoms with Crippen LogP contribution in [0.5, 0.6) is 0 Å². The molecule has 0 N–H and O–H groups in total. The monoisotopic (exact) mass is 235 g/mol. The molecule has 0 aliphatic heterocycles. The third-order valence-electron chi connectivity index (χ3n) is 1.53. The maximum Gasteiger partial charge on any atom is 0.222 e. The zero-order valence-corrected chi connectivity index (χ0v) is 9.98. The minimum atomic E-state index is 0.0938. The highest BCUT2D eigenvalue weighted by Crippen LogP contribution is 2.01. The number of hydrogen-bond acceptors (Lipinski definition) is 2. The molecule has 84 valence electrons. The predicted molar refractivity (Wildman–Crippen MR) is 73.6 cm³/mol. The zero-order valence-electron chi connectivity index (χ0n) is 9.23. The molecular formula is C12H14ClN3. The summed E-state index contributed by atoms with van der Waals surface area (Å²) < 4.78 is 0. The molecule has 0 atom stereocenters. The number of halogens is 1. The molecule has 0 aromatic heterocycles. The second kappa shape index (κ2) is 8.56. The lowest BCUT2D eigenvalue weighted by Gasteiger charge is -1.99. The van der Waals surface area contributed by atoms with Crippen molar-refractivity contribution in [3.05, 3.63) is 49.9 Å². The summed E-state index contributed by atoms with van der Waals surface area (Å²) in [6.07, 6.45) is 7.78. The van der Waals surface area contributed by atoms with Crippen molar-refractivity contribution < 1.29 is 0 Å². The minimum Gasteiger partial charge on any atom is -0.265 e. The van der Waals surface area contributed by atoms with E-state index in [4.69, 9.17) is 11.6 Å². The van der Waals surface area contributed by atoms with Crippen molar-refractivity contribution in [1.29, 1.82) is 0 Å². The van der Waals surface area contributed by atoms with Gasteiger partial charge in [-0.3, -0.25) is 4.99 Å². The summed E-state index contributed by atoms with van der Waals surface area (Å²) in [6, 6.07) is 0. The Morgan fingerprint density at radius 1 is 1.19 bits per heavy atom. The van der Waals surface area contributed by atoms with Gasteiger partial charge in [0.25, 0.3) is 0 Å². The molecule has 0 aliphatic rings. The zero-order chi connectivity index (χ0) is 12.4. The molecule has 0 fully saturated rings. The van der Waals surface area contributed by atoms with Gasteiger partial charge in [-0.1, -0.05) is 25.8 Å². The van der Waals surface area contributed by atoms with E-state index in [9.17, 15) is 0 Å². The van der Waals surface area contributed by atoms with Crippen LogP contribution in [-0.2, 0) is 0 Å². The van der Waals surface area contributed by atoms with Gasteiger partial charge in [-0.15, -0.1) is 0 Å². The van der Waals surface area contributed by atoms with Crippen LogP contribution in [0.3, 0.4) is 0 Å². The standard InChI is InChI=1S/C12H14ClN3/c1-5-10(9-14-7-3)11(6-2)16-12(13)15-8-4/h5-9H,2-4H2,1H3/b10-5+,14-9-,15-12-,16-11+. The summed E-state index contributed by atoms with van der Waals surface area (Å²) in [4.78, 5) is 11.7. The van der Waals surface area contributed by atoms with Gasteiger partial charge >= 0.3 is 0 Å². The number of rotatable bonds is 5. The van der Waals surface area contributed by atoms with Gasteiger partial charge in [-0.2, -0.15) is 0 Å².